The first-order valence-electron chi connectivity index (χ1n) is 13.2. The molecule has 4 aromatic rings. The molecule has 0 fully saturated rings. The number of carbonyl (C=O) groups excluding carboxylic acids is 2. The highest BCUT2D eigenvalue weighted by atomic mass is 16.5. The monoisotopic (exact) mass is 536 g/mol. The summed E-state index contributed by atoms with van der Waals surface area (Å²) in [6, 6.07) is 21.2. The van der Waals surface area contributed by atoms with E-state index in [4.69, 9.17) is 9.47 Å². The highest BCUT2D eigenvalue weighted by Gasteiger charge is 2.24. The second kappa shape index (κ2) is 12.0. The lowest BCUT2D eigenvalue weighted by molar-refractivity contribution is 0.0796. The number of likely N-dealkylation sites (N-methyl/N-ethyl adjacent to an activating group) is 1. The van der Waals surface area contributed by atoms with Crippen LogP contribution < -0.4 is 14.8 Å². The molecule has 40 heavy (non-hydrogen) atoms. The van der Waals surface area contributed by atoms with Gasteiger partial charge in [-0.25, -0.2) is 9.97 Å². The lowest BCUT2D eigenvalue weighted by Gasteiger charge is -2.18. The van der Waals surface area contributed by atoms with Crippen LogP contribution in [0.25, 0.3) is 11.4 Å². The van der Waals surface area contributed by atoms with E-state index in [2.05, 4.69) is 27.4 Å². The Balaban J connectivity index is 1.21. The van der Waals surface area contributed by atoms with Gasteiger partial charge in [0.05, 0.1) is 25.8 Å². The number of nitrogens with one attached hydrogen (secondary N) is 1. The van der Waals surface area contributed by atoms with Crippen LogP contribution >= 0.6 is 0 Å². The van der Waals surface area contributed by atoms with Gasteiger partial charge in [-0.2, -0.15) is 0 Å². The zero-order chi connectivity index (χ0) is 28.1. The Hall–Kier alpha value is -4.72. The van der Waals surface area contributed by atoms with E-state index in [9.17, 15) is 9.59 Å². The van der Waals surface area contributed by atoms with Crippen molar-refractivity contribution in [2.24, 2.45) is 0 Å². The zero-order valence-corrected chi connectivity index (χ0v) is 22.9. The molecule has 0 radical (unpaired) electrons. The quantitative estimate of drug-likeness (QED) is 0.327. The second-order valence-electron chi connectivity index (χ2n) is 9.81. The molecule has 8 heteroatoms. The minimum atomic E-state index is -0.201. The fourth-order valence-electron chi connectivity index (χ4n) is 4.99. The van der Waals surface area contributed by atoms with Crippen molar-refractivity contribution < 1.29 is 19.1 Å². The van der Waals surface area contributed by atoms with Crippen LogP contribution in [0.1, 0.15) is 49.9 Å². The number of rotatable bonds is 9. The van der Waals surface area contributed by atoms with Crippen molar-refractivity contribution in [3.63, 3.8) is 0 Å². The number of aryl methyl sites for hydroxylation is 1. The van der Waals surface area contributed by atoms with Crippen molar-refractivity contribution in [3.05, 3.63) is 107 Å². The topological polar surface area (TPSA) is 93.7 Å². The summed E-state index contributed by atoms with van der Waals surface area (Å²) in [6.45, 7) is 0.532. The van der Waals surface area contributed by atoms with Gasteiger partial charge in [0.1, 0.15) is 0 Å². The smallest absolute Gasteiger partial charge is 0.254 e. The van der Waals surface area contributed by atoms with Gasteiger partial charge in [0.25, 0.3) is 11.8 Å². The van der Waals surface area contributed by atoms with Crippen molar-refractivity contribution in [2.45, 2.75) is 25.3 Å². The van der Waals surface area contributed by atoms with E-state index in [1.165, 1.54) is 23.5 Å². The fraction of sp³-hybridized carbons (Fsp3) is 0.250. The normalized spacial score (nSPS) is 13.8. The van der Waals surface area contributed by atoms with Gasteiger partial charge in [-0.3, -0.25) is 9.59 Å². The molecule has 5 rings (SSSR count). The number of hydrogen-bond acceptors (Lipinski definition) is 6. The Morgan fingerprint density at radius 3 is 2.48 bits per heavy atom. The maximum absolute atomic E-state index is 13.2. The van der Waals surface area contributed by atoms with E-state index in [-0.39, 0.29) is 17.9 Å². The highest BCUT2D eigenvalue weighted by molar-refractivity contribution is 5.95. The first kappa shape index (κ1) is 26.9. The predicted octanol–water partition coefficient (Wildman–Crippen LogP) is 4.89. The summed E-state index contributed by atoms with van der Waals surface area (Å²) < 4.78 is 10.7. The molecule has 204 valence electrons. The third-order valence-corrected chi connectivity index (χ3v) is 7.25. The van der Waals surface area contributed by atoms with Gasteiger partial charge in [-0.05, 0) is 60.2 Å². The summed E-state index contributed by atoms with van der Waals surface area (Å²) in [4.78, 5) is 36.5. The Labute approximate surface area is 234 Å². The fourth-order valence-corrected chi connectivity index (χ4v) is 4.99. The first-order valence-corrected chi connectivity index (χ1v) is 13.2. The number of methoxy groups -OCH3 is 2. The SMILES string of the molecule is COc1ccc(CCN(C)C(=O)c2cccc(-c3ncc(C(=O)NC4CCc5ccccc54)cn3)c2)cc1OC. The van der Waals surface area contributed by atoms with Crippen LogP contribution in [-0.4, -0.2) is 54.5 Å². The third-order valence-electron chi connectivity index (χ3n) is 7.25. The van der Waals surface area contributed by atoms with Gasteiger partial charge in [-0.1, -0.05) is 42.5 Å². The van der Waals surface area contributed by atoms with Crippen molar-refractivity contribution >= 4 is 11.8 Å². The molecule has 8 nitrogen and oxygen atoms in total. The van der Waals surface area contributed by atoms with E-state index >= 15 is 0 Å². The lowest BCUT2D eigenvalue weighted by Crippen LogP contribution is -2.28. The van der Waals surface area contributed by atoms with E-state index in [1.807, 2.05) is 42.5 Å². The molecule has 1 aliphatic carbocycles. The summed E-state index contributed by atoms with van der Waals surface area (Å²) in [5, 5.41) is 3.10. The molecule has 1 aromatic heterocycles. The second-order valence-corrected chi connectivity index (χ2v) is 9.81. The maximum Gasteiger partial charge on any atom is 0.254 e. The summed E-state index contributed by atoms with van der Waals surface area (Å²) in [7, 11) is 4.99. The number of benzene rings is 3. The largest absolute Gasteiger partial charge is 0.493 e. The summed E-state index contributed by atoms with van der Waals surface area (Å²) in [5.74, 6) is 1.48. The molecule has 0 saturated heterocycles. The molecule has 0 spiro atoms. The summed E-state index contributed by atoms with van der Waals surface area (Å²) >= 11 is 0. The Kier molecular flexibility index (Phi) is 8.05. The first-order chi connectivity index (χ1) is 19.5. The van der Waals surface area contributed by atoms with Gasteiger partial charge < -0.3 is 19.7 Å². The lowest BCUT2D eigenvalue weighted by atomic mass is 10.1. The number of hydrogen-bond donors (Lipinski definition) is 1. The van der Waals surface area contributed by atoms with Gasteiger partial charge >= 0.3 is 0 Å². The number of amides is 2. The number of ether oxygens (including phenoxy) is 2. The molecule has 0 aliphatic heterocycles. The number of aromatic nitrogens is 2. The number of nitrogens with zero attached hydrogens (tertiary/aromatic N) is 3. The number of fused-ring (bicyclic) bond motifs is 1. The molecule has 1 atom stereocenters. The molecular weight excluding hydrogens is 504 g/mol. The summed E-state index contributed by atoms with van der Waals surface area (Å²) in [6.07, 6.45) is 5.57. The van der Waals surface area contributed by atoms with Crippen LogP contribution in [0.2, 0.25) is 0 Å². The van der Waals surface area contributed by atoms with Crippen molar-refractivity contribution in [3.8, 4) is 22.9 Å². The van der Waals surface area contributed by atoms with Gasteiger partial charge in [-0.15, -0.1) is 0 Å². The molecule has 1 heterocycles. The third kappa shape index (κ3) is 5.81. The Bertz CT molecular complexity index is 1520. The van der Waals surface area contributed by atoms with Gasteiger partial charge in [0.2, 0.25) is 0 Å². The van der Waals surface area contributed by atoms with Crippen LogP contribution in [0.4, 0.5) is 0 Å². The van der Waals surface area contributed by atoms with Gasteiger partial charge in [0, 0.05) is 37.1 Å². The zero-order valence-electron chi connectivity index (χ0n) is 22.9. The Morgan fingerprint density at radius 1 is 0.925 bits per heavy atom. The standard InChI is InChI=1S/C32H32N4O4/c1-36(16-15-21-11-14-28(39-2)29(17-21)40-3)32(38)24-9-6-8-23(18-24)30-33-19-25(20-34-30)31(37)35-27-13-12-22-7-4-5-10-26(22)27/h4-11,14,17-20,27H,12-13,15-16H2,1-3H3,(H,35,37). The molecule has 1 unspecified atom stereocenters. The van der Waals surface area contributed by atoms with Crippen LogP contribution in [0.3, 0.4) is 0 Å². The van der Waals surface area contributed by atoms with Crippen LogP contribution in [0.5, 0.6) is 11.5 Å². The van der Waals surface area contributed by atoms with E-state index in [0.717, 1.165) is 18.4 Å². The average molecular weight is 537 g/mol. The van der Waals surface area contributed by atoms with Gasteiger partial charge in [0.15, 0.2) is 17.3 Å². The van der Waals surface area contributed by atoms with Crippen molar-refractivity contribution in [1.29, 1.82) is 0 Å². The molecule has 1 N–H and O–H groups in total. The average Bonchev–Trinajstić information content (AvgIpc) is 3.41. The van der Waals surface area contributed by atoms with Crippen molar-refractivity contribution in [2.75, 3.05) is 27.8 Å². The Morgan fingerprint density at radius 2 is 1.70 bits per heavy atom. The minimum Gasteiger partial charge on any atom is -0.493 e. The van der Waals surface area contributed by atoms with Crippen molar-refractivity contribution in [1.82, 2.24) is 20.2 Å². The predicted molar refractivity (Wildman–Crippen MR) is 153 cm³/mol. The summed E-state index contributed by atoms with van der Waals surface area (Å²) in [5.41, 5.74) is 5.13. The minimum absolute atomic E-state index is 0.00481. The molecule has 3 aromatic carbocycles. The van der Waals surface area contributed by atoms with Crippen LogP contribution in [0, 0.1) is 0 Å². The van der Waals surface area contributed by atoms with E-state index in [0.29, 0.717) is 47.0 Å². The molecule has 0 bridgehead atoms. The van der Waals surface area contributed by atoms with E-state index < -0.39 is 0 Å². The molecular formula is C32H32N4O4. The van der Waals surface area contributed by atoms with Crippen LogP contribution in [-0.2, 0) is 12.8 Å². The molecule has 2 amide bonds. The number of carbonyl (C=O) groups is 2. The van der Waals surface area contributed by atoms with Crippen LogP contribution in [0.15, 0.2) is 79.1 Å². The highest BCUT2D eigenvalue weighted by Crippen LogP contribution is 2.31. The molecule has 0 saturated carbocycles. The maximum atomic E-state index is 13.2. The molecule has 1 aliphatic rings. The van der Waals surface area contributed by atoms with E-state index in [1.54, 1.807) is 38.3 Å².